The Hall–Kier alpha value is -3.15. The van der Waals surface area contributed by atoms with E-state index in [1.165, 1.54) is 116 Å². The van der Waals surface area contributed by atoms with Gasteiger partial charge >= 0.3 is 17.9 Å². The summed E-state index contributed by atoms with van der Waals surface area (Å²) in [5.74, 6) is -0.914. The van der Waals surface area contributed by atoms with E-state index >= 15 is 0 Å². The molecule has 0 heterocycles. The maximum atomic E-state index is 12.8. The van der Waals surface area contributed by atoms with Crippen molar-refractivity contribution in [3.05, 3.63) is 72.9 Å². The van der Waals surface area contributed by atoms with Crippen molar-refractivity contribution in [1.29, 1.82) is 0 Å². The van der Waals surface area contributed by atoms with E-state index in [-0.39, 0.29) is 31.1 Å². The molecule has 0 fully saturated rings. The minimum Gasteiger partial charge on any atom is -0.462 e. The van der Waals surface area contributed by atoms with Crippen molar-refractivity contribution in [2.24, 2.45) is 0 Å². The van der Waals surface area contributed by atoms with E-state index in [0.29, 0.717) is 19.3 Å². The third kappa shape index (κ3) is 53.7. The van der Waals surface area contributed by atoms with Gasteiger partial charge in [-0.05, 0) is 109 Å². The molecule has 0 spiro atoms. The Morgan fingerprint density at radius 1 is 0.313 bits per heavy atom. The van der Waals surface area contributed by atoms with Gasteiger partial charge in [-0.2, -0.15) is 0 Å². The smallest absolute Gasteiger partial charge is 0.306 e. The molecule has 0 aliphatic rings. The van der Waals surface area contributed by atoms with Crippen LogP contribution in [0.4, 0.5) is 0 Å². The molecule has 0 unspecified atom stereocenters. The van der Waals surface area contributed by atoms with Crippen molar-refractivity contribution in [3.63, 3.8) is 0 Å². The van der Waals surface area contributed by atoms with E-state index in [4.69, 9.17) is 14.2 Å². The Kier molecular flexibility index (Phi) is 52.8. The number of carbonyl (C=O) groups excluding carboxylic acids is 3. The van der Waals surface area contributed by atoms with Gasteiger partial charge in [-0.15, -0.1) is 0 Å². The molecular weight excluding hydrogens is 829 g/mol. The molecule has 6 heteroatoms. The number of hydrogen-bond donors (Lipinski definition) is 0. The predicted octanol–water partition coefficient (Wildman–Crippen LogP) is 19.0. The monoisotopic (exact) mass is 935 g/mol. The largest absolute Gasteiger partial charge is 0.462 e. The van der Waals surface area contributed by atoms with Gasteiger partial charge in [0.2, 0.25) is 0 Å². The third-order valence-electron chi connectivity index (χ3n) is 12.2. The highest BCUT2D eigenvalue weighted by Gasteiger charge is 2.19. The highest BCUT2D eigenvalue weighted by Crippen LogP contribution is 2.15. The topological polar surface area (TPSA) is 78.9 Å². The van der Waals surface area contributed by atoms with Crippen LogP contribution in [-0.4, -0.2) is 37.2 Å². The SMILES string of the molecule is CC/C=C\C/C=C\C/C=C\CCCCCCCC(=O)OC[C@H](COC(=O)CCCCCCCCCCC/C=C\CCCCCCCC)OC(=O)CCCCCCC/C=C\C/C=C\CCCCC. The molecular formula is C61H106O6. The van der Waals surface area contributed by atoms with Gasteiger partial charge < -0.3 is 14.2 Å². The molecule has 0 aromatic rings. The van der Waals surface area contributed by atoms with E-state index in [9.17, 15) is 14.4 Å². The fourth-order valence-electron chi connectivity index (χ4n) is 7.89. The zero-order valence-corrected chi connectivity index (χ0v) is 44.2. The zero-order valence-electron chi connectivity index (χ0n) is 44.2. The maximum absolute atomic E-state index is 12.8. The Balaban J connectivity index is 4.40. The van der Waals surface area contributed by atoms with Crippen molar-refractivity contribution in [2.45, 2.75) is 284 Å². The molecule has 0 aliphatic carbocycles. The van der Waals surface area contributed by atoms with E-state index in [0.717, 1.165) is 122 Å². The van der Waals surface area contributed by atoms with Crippen molar-refractivity contribution in [2.75, 3.05) is 13.2 Å². The summed E-state index contributed by atoms with van der Waals surface area (Å²) >= 11 is 0. The first-order chi connectivity index (χ1) is 33.0. The average molecular weight is 936 g/mol. The molecule has 386 valence electrons. The van der Waals surface area contributed by atoms with Gasteiger partial charge in [-0.3, -0.25) is 14.4 Å². The van der Waals surface area contributed by atoms with Gasteiger partial charge in [-0.25, -0.2) is 0 Å². The number of allylic oxidation sites excluding steroid dienone is 12. The first-order valence-electron chi connectivity index (χ1n) is 28.4. The molecule has 0 saturated carbocycles. The van der Waals surface area contributed by atoms with Crippen LogP contribution in [0, 0.1) is 0 Å². The number of unbranched alkanes of at least 4 members (excludes halogenated alkanes) is 28. The van der Waals surface area contributed by atoms with Crippen LogP contribution in [0.15, 0.2) is 72.9 Å². The highest BCUT2D eigenvalue weighted by atomic mass is 16.6. The second-order valence-electron chi connectivity index (χ2n) is 18.8. The van der Waals surface area contributed by atoms with Crippen LogP contribution in [0.1, 0.15) is 278 Å². The lowest BCUT2D eigenvalue weighted by Gasteiger charge is -2.18. The Bertz CT molecular complexity index is 1260. The molecule has 1 atom stereocenters. The average Bonchev–Trinajstić information content (AvgIpc) is 3.33. The molecule has 67 heavy (non-hydrogen) atoms. The Morgan fingerprint density at radius 3 is 0.955 bits per heavy atom. The Labute approximate surface area is 414 Å². The third-order valence-corrected chi connectivity index (χ3v) is 12.2. The van der Waals surface area contributed by atoms with E-state index in [2.05, 4.69) is 93.7 Å². The van der Waals surface area contributed by atoms with Gasteiger partial charge in [0.25, 0.3) is 0 Å². The Morgan fingerprint density at radius 2 is 0.582 bits per heavy atom. The number of ether oxygens (including phenoxy) is 3. The molecule has 0 aromatic carbocycles. The van der Waals surface area contributed by atoms with Crippen LogP contribution in [0.2, 0.25) is 0 Å². The molecule has 0 aromatic heterocycles. The summed E-state index contributed by atoms with van der Waals surface area (Å²) in [5, 5.41) is 0. The molecule has 0 bridgehead atoms. The van der Waals surface area contributed by atoms with Gasteiger partial charge in [0.05, 0.1) is 0 Å². The number of esters is 3. The van der Waals surface area contributed by atoms with Gasteiger partial charge in [0, 0.05) is 19.3 Å². The van der Waals surface area contributed by atoms with E-state index in [1.807, 2.05) is 0 Å². The second-order valence-corrected chi connectivity index (χ2v) is 18.8. The van der Waals surface area contributed by atoms with Crippen LogP contribution < -0.4 is 0 Å². The lowest BCUT2D eigenvalue weighted by Crippen LogP contribution is -2.30. The van der Waals surface area contributed by atoms with Crippen molar-refractivity contribution in [1.82, 2.24) is 0 Å². The first-order valence-corrected chi connectivity index (χ1v) is 28.4. The van der Waals surface area contributed by atoms with Gasteiger partial charge in [0.1, 0.15) is 13.2 Å². The lowest BCUT2D eigenvalue weighted by molar-refractivity contribution is -0.167. The minimum atomic E-state index is -0.791. The van der Waals surface area contributed by atoms with Crippen molar-refractivity contribution in [3.8, 4) is 0 Å². The summed E-state index contributed by atoms with van der Waals surface area (Å²) in [5.41, 5.74) is 0. The van der Waals surface area contributed by atoms with Crippen LogP contribution in [0.3, 0.4) is 0 Å². The summed E-state index contributed by atoms with van der Waals surface area (Å²) < 4.78 is 16.8. The lowest BCUT2D eigenvalue weighted by atomic mass is 10.1. The molecule has 6 nitrogen and oxygen atoms in total. The highest BCUT2D eigenvalue weighted by molar-refractivity contribution is 5.71. The van der Waals surface area contributed by atoms with Crippen LogP contribution in [-0.2, 0) is 28.6 Å². The van der Waals surface area contributed by atoms with Gasteiger partial charge in [0.15, 0.2) is 6.10 Å². The molecule has 0 rings (SSSR count). The number of hydrogen-bond acceptors (Lipinski definition) is 6. The van der Waals surface area contributed by atoms with Crippen molar-refractivity contribution >= 4 is 17.9 Å². The predicted molar refractivity (Wildman–Crippen MR) is 288 cm³/mol. The molecule has 0 saturated heterocycles. The van der Waals surface area contributed by atoms with Crippen molar-refractivity contribution < 1.29 is 28.6 Å². The van der Waals surface area contributed by atoms with Crippen LogP contribution >= 0.6 is 0 Å². The van der Waals surface area contributed by atoms with E-state index in [1.54, 1.807) is 0 Å². The maximum Gasteiger partial charge on any atom is 0.306 e. The van der Waals surface area contributed by atoms with Crippen LogP contribution in [0.5, 0.6) is 0 Å². The number of rotatable bonds is 51. The molecule has 0 aliphatic heterocycles. The number of carbonyl (C=O) groups is 3. The summed E-state index contributed by atoms with van der Waals surface area (Å²) in [6, 6.07) is 0. The minimum absolute atomic E-state index is 0.0873. The zero-order chi connectivity index (χ0) is 48.6. The summed E-state index contributed by atoms with van der Waals surface area (Å²) in [7, 11) is 0. The molecule has 0 radical (unpaired) electrons. The van der Waals surface area contributed by atoms with Crippen LogP contribution in [0.25, 0.3) is 0 Å². The fourth-order valence-corrected chi connectivity index (χ4v) is 7.89. The second kappa shape index (κ2) is 55.4. The summed E-state index contributed by atoms with van der Waals surface area (Å²) in [6.45, 7) is 6.49. The summed E-state index contributed by atoms with van der Waals surface area (Å²) in [6.07, 6.45) is 70.3. The van der Waals surface area contributed by atoms with E-state index < -0.39 is 6.10 Å². The summed E-state index contributed by atoms with van der Waals surface area (Å²) in [4.78, 5) is 38.1. The standard InChI is InChI=1S/C61H106O6/c1-4-7-10-13-16-19-22-25-28-29-30-31-34-36-39-42-45-48-51-54-60(63)66-57-58(67-61(64)55-52-49-46-43-40-37-33-27-24-21-18-15-12-9-6-3)56-65-59(62)53-50-47-44-41-38-35-32-26-23-20-17-14-11-8-5-2/h8,11,17-18,20-21,25-28,32-33,58H,4-7,9-10,12-16,19,22-24,29-31,34-57H2,1-3H3/b11-8-,20-17-,21-18-,28-25-,32-26-,33-27-/t58-/m1/s1. The molecule has 0 amide bonds. The van der Waals surface area contributed by atoms with Gasteiger partial charge in [-0.1, -0.05) is 222 Å². The normalized spacial score (nSPS) is 12.6. The molecule has 0 N–H and O–H groups in total. The quantitative estimate of drug-likeness (QED) is 0.0262. The first kappa shape index (κ1) is 63.8. The fraction of sp³-hybridized carbons (Fsp3) is 0.754.